The number of amides is 1. The molecule has 0 heterocycles. The van der Waals surface area contributed by atoms with Gasteiger partial charge in [-0.05, 0) is 36.8 Å². The number of nitrogens with one attached hydrogen (secondary N) is 1. The number of nitro groups is 1. The molecule has 25 heavy (non-hydrogen) atoms. The molecule has 0 aliphatic heterocycles. The summed E-state index contributed by atoms with van der Waals surface area (Å²) in [6, 6.07) is 6.87. The third kappa shape index (κ3) is 4.09. The molecular weight excluding hydrogens is 332 g/mol. The van der Waals surface area contributed by atoms with E-state index in [4.69, 9.17) is 0 Å². The number of rotatable bonds is 5. The van der Waals surface area contributed by atoms with Crippen molar-refractivity contribution in [3.8, 4) is 0 Å². The van der Waals surface area contributed by atoms with Crippen molar-refractivity contribution < 1.29 is 18.5 Å². The van der Waals surface area contributed by atoms with Crippen molar-refractivity contribution in [2.45, 2.75) is 13.0 Å². The first-order valence-corrected chi connectivity index (χ1v) is 7.42. The Hall–Kier alpha value is -3.03. The number of nitrogens with zero attached hydrogens (tertiary/aromatic N) is 2. The van der Waals surface area contributed by atoms with Gasteiger partial charge in [0.25, 0.3) is 11.6 Å². The first-order chi connectivity index (χ1) is 11.7. The second-order valence-corrected chi connectivity index (χ2v) is 5.72. The minimum absolute atomic E-state index is 0.103. The van der Waals surface area contributed by atoms with Crippen LogP contribution in [0.4, 0.5) is 20.2 Å². The van der Waals surface area contributed by atoms with Crippen molar-refractivity contribution in [2.75, 3.05) is 19.0 Å². The molecule has 1 N–H and O–H groups in total. The number of benzene rings is 2. The van der Waals surface area contributed by atoms with E-state index < -0.39 is 28.5 Å². The van der Waals surface area contributed by atoms with Gasteiger partial charge in [0.2, 0.25) is 0 Å². The second-order valence-electron chi connectivity index (χ2n) is 5.72. The summed E-state index contributed by atoms with van der Waals surface area (Å²) in [4.78, 5) is 24.5. The van der Waals surface area contributed by atoms with E-state index in [0.717, 1.165) is 12.1 Å². The number of halogens is 2. The van der Waals surface area contributed by atoms with Crippen LogP contribution in [0.1, 0.15) is 28.9 Å². The van der Waals surface area contributed by atoms with E-state index in [1.54, 1.807) is 25.9 Å². The van der Waals surface area contributed by atoms with Crippen LogP contribution in [-0.2, 0) is 0 Å². The topological polar surface area (TPSA) is 75.5 Å². The van der Waals surface area contributed by atoms with Gasteiger partial charge in [-0.15, -0.1) is 0 Å². The van der Waals surface area contributed by atoms with Crippen LogP contribution in [0.5, 0.6) is 0 Å². The molecule has 0 radical (unpaired) electrons. The van der Waals surface area contributed by atoms with Crippen molar-refractivity contribution in [3.05, 3.63) is 69.3 Å². The van der Waals surface area contributed by atoms with E-state index in [2.05, 4.69) is 5.32 Å². The van der Waals surface area contributed by atoms with Crippen LogP contribution in [0.3, 0.4) is 0 Å². The molecular formula is C17H17F2N3O3. The normalized spacial score (nSPS) is 11.7. The third-order valence-electron chi connectivity index (χ3n) is 3.71. The molecule has 2 aromatic carbocycles. The Morgan fingerprint density at radius 1 is 1.16 bits per heavy atom. The predicted molar refractivity (Wildman–Crippen MR) is 89.7 cm³/mol. The van der Waals surface area contributed by atoms with Crippen molar-refractivity contribution in [1.29, 1.82) is 0 Å². The minimum atomic E-state index is -1.01. The van der Waals surface area contributed by atoms with Crippen molar-refractivity contribution >= 4 is 17.3 Å². The summed E-state index contributed by atoms with van der Waals surface area (Å²) in [6.07, 6.45) is 0. The summed E-state index contributed by atoms with van der Waals surface area (Å²) >= 11 is 0. The Balaban J connectivity index is 2.24. The van der Waals surface area contributed by atoms with Gasteiger partial charge in [0.1, 0.15) is 5.69 Å². The predicted octanol–water partition coefficient (Wildman–Crippen LogP) is 3.43. The molecule has 0 fully saturated rings. The molecule has 0 bridgehead atoms. The van der Waals surface area contributed by atoms with Crippen LogP contribution >= 0.6 is 0 Å². The molecule has 0 saturated heterocycles. The Morgan fingerprint density at radius 2 is 1.84 bits per heavy atom. The maximum Gasteiger partial charge on any atom is 0.293 e. The fourth-order valence-electron chi connectivity index (χ4n) is 2.33. The molecule has 132 valence electrons. The average molecular weight is 349 g/mol. The van der Waals surface area contributed by atoms with Gasteiger partial charge in [0, 0.05) is 25.7 Å². The Kier molecular flexibility index (Phi) is 5.31. The van der Waals surface area contributed by atoms with Gasteiger partial charge < -0.3 is 10.2 Å². The van der Waals surface area contributed by atoms with E-state index in [9.17, 15) is 23.7 Å². The molecule has 1 amide bonds. The van der Waals surface area contributed by atoms with Gasteiger partial charge in [-0.2, -0.15) is 0 Å². The lowest BCUT2D eigenvalue weighted by Crippen LogP contribution is -2.27. The summed E-state index contributed by atoms with van der Waals surface area (Å²) in [5.41, 5.74) is 0.659. The first-order valence-electron chi connectivity index (χ1n) is 7.42. The summed E-state index contributed by atoms with van der Waals surface area (Å²) in [6.45, 7) is 1.60. The second kappa shape index (κ2) is 7.25. The fourth-order valence-corrected chi connectivity index (χ4v) is 2.33. The Bertz CT molecular complexity index is 825. The number of carbonyl (C=O) groups excluding carboxylic acids is 1. The number of hydrogen-bond donors (Lipinski definition) is 1. The van der Waals surface area contributed by atoms with Crippen LogP contribution in [0.25, 0.3) is 0 Å². The highest BCUT2D eigenvalue weighted by Crippen LogP contribution is 2.28. The highest BCUT2D eigenvalue weighted by atomic mass is 19.2. The van der Waals surface area contributed by atoms with Gasteiger partial charge in [0.05, 0.1) is 11.0 Å². The molecule has 2 aromatic rings. The number of nitro benzene ring substituents is 1. The molecule has 0 saturated carbocycles. The van der Waals surface area contributed by atoms with Crippen LogP contribution < -0.4 is 10.2 Å². The van der Waals surface area contributed by atoms with Crippen LogP contribution in [0.2, 0.25) is 0 Å². The molecule has 8 heteroatoms. The Morgan fingerprint density at radius 3 is 2.40 bits per heavy atom. The molecule has 2 rings (SSSR count). The quantitative estimate of drug-likeness (QED) is 0.663. The van der Waals surface area contributed by atoms with Gasteiger partial charge in [-0.3, -0.25) is 14.9 Å². The maximum absolute atomic E-state index is 13.3. The van der Waals surface area contributed by atoms with Gasteiger partial charge in [-0.1, -0.05) is 6.07 Å². The number of anilines is 1. The number of hydrogen-bond acceptors (Lipinski definition) is 4. The van der Waals surface area contributed by atoms with E-state index in [-0.39, 0.29) is 11.3 Å². The molecule has 1 unspecified atom stereocenters. The first kappa shape index (κ1) is 18.3. The van der Waals surface area contributed by atoms with Crippen molar-refractivity contribution in [1.82, 2.24) is 5.32 Å². The van der Waals surface area contributed by atoms with E-state index in [0.29, 0.717) is 11.3 Å². The molecule has 0 aromatic heterocycles. The van der Waals surface area contributed by atoms with Crippen LogP contribution in [0.15, 0.2) is 36.4 Å². The van der Waals surface area contributed by atoms with E-state index in [1.807, 2.05) is 0 Å². The molecule has 1 atom stereocenters. The smallest absolute Gasteiger partial charge is 0.293 e. The van der Waals surface area contributed by atoms with Crippen molar-refractivity contribution in [3.63, 3.8) is 0 Å². The highest BCUT2D eigenvalue weighted by molar-refractivity contribution is 5.96. The fraction of sp³-hybridized carbons (Fsp3) is 0.235. The van der Waals surface area contributed by atoms with Crippen LogP contribution in [-0.4, -0.2) is 24.9 Å². The zero-order valence-corrected chi connectivity index (χ0v) is 13.9. The molecule has 0 aliphatic carbocycles. The molecule has 0 spiro atoms. The largest absolute Gasteiger partial charge is 0.372 e. The van der Waals surface area contributed by atoms with E-state index in [1.165, 1.54) is 24.3 Å². The zero-order valence-electron chi connectivity index (χ0n) is 13.9. The maximum atomic E-state index is 13.3. The lowest BCUT2D eigenvalue weighted by Gasteiger charge is -2.16. The Labute approximate surface area is 143 Å². The summed E-state index contributed by atoms with van der Waals surface area (Å²) in [7, 11) is 3.32. The lowest BCUT2D eigenvalue weighted by molar-refractivity contribution is -0.384. The monoisotopic (exact) mass is 349 g/mol. The van der Waals surface area contributed by atoms with Gasteiger partial charge in [-0.25, -0.2) is 8.78 Å². The highest BCUT2D eigenvalue weighted by Gasteiger charge is 2.20. The zero-order chi connectivity index (χ0) is 18.7. The van der Waals surface area contributed by atoms with Crippen LogP contribution in [0, 0.1) is 21.7 Å². The summed E-state index contributed by atoms with van der Waals surface area (Å²) in [5, 5.41) is 13.8. The lowest BCUT2D eigenvalue weighted by atomic mass is 10.1. The van der Waals surface area contributed by atoms with Crippen molar-refractivity contribution in [2.24, 2.45) is 0 Å². The summed E-state index contributed by atoms with van der Waals surface area (Å²) in [5.74, 6) is -2.53. The SMILES string of the molecule is CC(NC(=O)c1ccc(N(C)C)c([N+](=O)[O-])c1)c1ccc(F)c(F)c1. The summed E-state index contributed by atoms with van der Waals surface area (Å²) < 4.78 is 26.3. The molecule has 6 nitrogen and oxygen atoms in total. The van der Waals surface area contributed by atoms with Gasteiger partial charge >= 0.3 is 0 Å². The molecule has 0 aliphatic rings. The third-order valence-corrected chi connectivity index (χ3v) is 3.71. The standard InChI is InChI=1S/C17H17F2N3O3/c1-10(11-4-6-13(18)14(19)8-11)20-17(23)12-5-7-15(21(2)3)16(9-12)22(24)25/h4-10H,1-3H3,(H,20,23). The number of carbonyl (C=O) groups is 1. The average Bonchev–Trinajstić information content (AvgIpc) is 2.56. The van der Waals surface area contributed by atoms with E-state index >= 15 is 0 Å². The minimum Gasteiger partial charge on any atom is -0.372 e. The van der Waals surface area contributed by atoms with Gasteiger partial charge in [0.15, 0.2) is 11.6 Å².